The number of benzene rings is 1. The summed E-state index contributed by atoms with van der Waals surface area (Å²) in [7, 11) is 0. The van der Waals surface area contributed by atoms with Gasteiger partial charge >= 0.3 is 6.09 Å². The van der Waals surface area contributed by atoms with Gasteiger partial charge in [-0.1, -0.05) is 51.1 Å². The molecule has 2 atom stereocenters. The highest BCUT2D eigenvalue weighted by Gasteiger charge is 2.43. The molecule has 2 rings (SSSR count). The van der Waals surface area contributed by atoms with Gasteiger partial charge in [0.15, 0.2) is 0 Å². The number of hydrogen-bond donors (Lipinski definition) is 1. The summed E-state index contributed by atoms with van der Waals surface area (Å²) in [5.41, 5.74) is 0.617. The van der Waals surface area contributed by atoms with Crippen LogP contribution in [0.15, 0.2) is 30.3 Å². The van der Waals surface area contributed by atoms with Crippen LogP contribution in [0.4, 0.5) is 4.79 Å². The lowest BCUT2D eigenvalue weighted by molar-refractivity contribution is -0.138. The van der Waals surface area contributed by atoms with Gasteiger partial charge in [0.2, 0.25) is 5.91 Å². The van der Waals surface area contributed by atoms with Crippen molar-refractivity contribution in [3.8, 4) is 0 Å². The van der Waals surface area contributed by atoms with Gasteiger partial charge in [-0.3, -0.25) is 4.79 Å². The van der Waals surface area contributed by atoms with Gasteiger partial charge in [-0.25, -0.2) is 9.69 Å². The maximum atomic E-state index is 12.7. The molecule has 0 radical (unpaired) electrons. The molecule has 1 N–H and O–H groups in total. The molecule has 0 aromatic heterocycles. The Morgan fingerprint density at radius 2 is 2.00 bits per heavy atom. The molecular weight excluding hydrogens is 282 g/mol. The van der Waals surface area contributed by atoms with E-state index in [2.05, 4.69) is 0 Å². The Labute approximate surface area is 130 Å². The molecule has 0 saturated carbocycles. The lowest BCUT2D eigenvalue weighted by Crippen LogP contribution is -2.47. The average molecular weight is 305 g/mol. The first-order valence-electron chi connectivity index (χ1n) is 7.49. The molecule has 0 spiro atoms. The Bertz CT molecular complexity index is 535. The Balaban J connectivity index is 2.19. The van der Waals surface area contributed by atoms with E-state index in [1.807, 2.05) is 51.1 Å². The molecule has 0 bridgehead atoms. The molecule has 2 unspecified atom stereocenters. The van der Waals surface area contributed by atoms with Gasteiger partial charge in [0.1, 0.15) is 6.61 Å². The fourth-order valence-corrected chi connectivity index (χ4v) is 2.66. The smallest absolute Gasteiger partial charge is 0.416 e. The van der Waals surface area contributed by atoms with Crippen LogP contribution in [0.25, 0.3) is 0 Å². The van der Waals surface area contributed by atoms with Crippen molar-refractivity contribution in [2.45, 2.75) is 33.2 Å². The molecule has 0 aliphatic carbocycles. The summed E-state index contributed by atoms with van der Waals surface area (Å²) in [6.45, 7) is 5.53. The zero-order valence-corrected chi connectivity index (χ0v) is 13.3. The molecule has 1 aliphatic rings. The monoisotopic (exact) mass is 305 g/mol. The Morgan fingerprint density at radius 3 is 2.55 bits per heavy atom. The summed E-state index contributed by atoms with van der Waals surface area (Å²) >= 11 is 0. The molecule has 1 heterocycles. The molecule has 2 amide bonds. The van der Waals surface area contributed by atoms with Crippen LogP contribution in [0.2, 0.25) is 0 Å². The van der Waals surface area contributed by atoms with E-state index in [4.69, 9.17) is 4.74 Å². The SMILES string of the molecule is CC(C)(C)C(CO)C(=O)N1C(=O)OCC1Cc1ccccc1. The Morgan fingerprint density at radius 1 is 1.36 bits per heavy atom. The first-order valence-corrected chi connectivity index (χ1v) is 7.49. The predicted octanol–water partition coefficient (Wildman–Crippen LogP) is 2.23. The fraction of sp³-hybridized carbons (Fsp3) is 0.529. The van der Waals surface area contributed by atoms with Crippen LogP contribution in [0.5, 0.6) is 0 Å². The third-order valence-corrected chi connectivity index (χ3v) is 4.04. The van der Waals surface area contributed by atoms with Crippen molar-refractivity contribution in [2.24, 2.45) is 11.3 Å². The van der Waals surface area contributed by atoms with Crippen LogP contribution in [-0.2, 0) is 16.0 Å². The highest BCUT2D eigenvalue weighted by atomic mass is 16.6. The summed E-state index contributed by atoms with van der Waals surface area (Å²) in [5.74, 6) is -0.991. The number of rotatable bonds is 4. The van der Waals surface area contributed by atoms with Crippen molar-refractivity contribution in [3.05, 3.63) is 35.9 Å². The van der Waals surface area contributed by atoms with Crippen LogP contribution >= 0.6 is 0 Å². The standard InChI is InChI=1S/C17H23NO4/c1-17(2,3)14(10-19)15(20)18-13(11-22-16(18)21)9-12-7-5-4-6-8-12/h4-8,13-14,19H,9-11H2,1-3H3. The molecule has 1 aromatic carbocycles. The highest BCUT2D eigenvalue weighted by molar-refractivity contribution is 5.95. The molecule has 22 heavy (non-hydrogen) atoms. The van der Waals surface area contributed by atoms with Crippen molar-refractivity contribution in [1.82, 2.24) is 4.90 Å². The van der Waals surface area contributed by atoms with Crippen molar-refractivity contribution in [3.63, 3.8) is 0 Å². The highest BCUT2D eigenvalue weighted by Crippen LogP contribution is 2.30. The van der Waals surface area contributed by atoms with Crippen LogP contribution in [-0.4, -0.2) is 41.3 Å². The summed E-state index contributed by atoms with van der Waals surface area (Å²) < 4.78 is 5.06. The van der Waals surface area contributed by atoms with Crippen molar-refractivity contribution >= 4 is 12.0 Å². The van der Waals surface area contributed by atoms with Crippen LogP contribution in [0.3, 0.4) is 0 Å². The summed E-state index contributed by atoms with van der Waals surface area (Å²) in [4.78, 5) is 25.8. The van der Waals surface area contributed by atoms with Crippen molar-refractivity contribution < 1.29 is 19.4 Å². The van der Waals surface area contributed by atoms with Crippen LogP contribution in [0.1, 0.15) is 26.3 Å². The third-order valence-electron chi connectivity index (χ3n) is 4.04. The molecule has 1 aliphatic heterocycles. The predicted molar refractivity (Wildman–Crippen MR) is 82.2 cm³/mol. The first kappa shape index (κ1) is 16.5. The molecular formula is C17H23NO4. The molecule has 120 valence electrons. The molecule has 1 aromatic rings. The van der Waals surface area contributed by atoms with Crippen molar-refractivity contribution in [1.29, 1.82) is 0 Å². The van der Waals surface area contributed by atoms with E-state index in [1.54, 1.807) is 0 Å². The van der Waals surface area contributed by atoms with E-state index in [1.165, 1.54) is 4.90 Å². The van der Waals surface area contributed by atoms with E-state index in [-0.39, 0.29) is 25.2 Å². The number of carbonyl (C=O) groups excluding carboxylic acids is 2. The number of hydrogen-bond acceptors (Lipinski definition) is 4. The molecule has 1 fully saturated rings. The van der Waals surface area contributed by atoms with Gasteiger partial charge in [-0.05, 0) is 17.4 Å². The minimum absolute atomic E-state index is 0.196. The number of ether oxygens (including phenoxy) is 1. The lowest BCUT2D eigenvalue weighted by Gasteiger charge is -2.31. The number of cyclic esters (lactones) is 1. The molecule has 1 saturated heterocycles. The maximum Gasteiger partial charge on any atom is 0.416 e. The molecule has 5 heteroatoms. The van der Waals surface area contributed by atoms with E-state index < -0.39 is 17.4 Å². The van der Waals surface area contributed by atoms with Gasteiger partial charge in [-0.15, -0.1) is 0 Å². The van der Waals surface area contributed by atoms with Crippen molar-refractivity contribution in [2.75, 3.05) is 13.2 Å². The average Bonchev–Trinajstić information content (AvgIpc) is 2.80. The summed E-state index contributed by atoms with van der Waals surface area (Å²) in [6.07, 6.45) is -0.0608. The van der Waals surface area contributed by atoms with E-state index in [0.29, 0.717) is 6.42 Å². The summed E-state index contributed by atoms with van der Waals surface area (Å²) in [5, 5.41) is 9.56. The normalized spacial score (nSPS) is 19.9. The topological polar surface area (TPSA) is 66.8 Å². The lowest BCUT2D eigenvalue weighted by atomic mass is 9.80. The van der Waals surface area contributed by atoms with Gasteiger partial charge in [0.25, 0.3) is 0 Å². The second kappa shape index (κ2) is 6.48. The fourth-order valence-electron chi connectivity index (χ4n) is 2.66. The summed E-state index contributed by atoms with van der Waals surface area (Å²) in [6, 6.07) is 9.36. The maximum absolute atomic E-state index is 12.7. The van der Waals surface area contributed by atoms with Gasteiger partial charge in [0.05, 0.1) is 18.6 Å². The van der Waals surface area contributed by atoms with Gasteiger partial charge < -0.3 is 9.84 Å². The number of carbonyl (C=O) groups is 2. The Hall–Kier alpha value is -1.88. The largest absolute Gasteiger partial charge is 0.447 e. The second-order valence-electron chi connectivity index (χ2n) is 6.73. The minimum atomic E-state index is -0.628. The van der Waals surface area contributed by atoms with Crippen LogP contribution in [0, 0.1) is 11.3 Å². The first-order chi connectivity index (χ1) is 10.3. The zero-order valence-electron chi connectivity index (χ0n) is 13.3. The van der Waals surface area contributed by atoms with Gasteiger partial charge in [-0.2, -0.15) is 0 Å². The minimum Gasteiger partial charge on any atom is -0.447 e. The van der Waals surface area contributed by atoms with Crippen LogP contribution < -0.4 is 0 Å². The number of nitrogens with zero attached hydrogens (tertiary/aromatic N) is 1. The Kier molecular flexibility index (Phi) is 4.86. The zero-order chi connectivity index (χ0) is 16.3. The number of aliphatic hydroxyl groups is 1. The number of aliphatic hydroxyl groups excluding tert-OH is 1. The molecule has 5 nitrogen and oxygen atoms in total. The number of imide groups is 1. The second-order valence-corrected chi connectivity index (χ2v) is 6.73. The third kappa shape index (κ3) is 3.47. The van der Waals surface area contributed by atoms with E-state index in [9.17, 15) is 14.7 Å². The van der Waals surface area contributed by atoms with Gasteiger partial charge in [0, 0.05) is 0 Å². The van der Waals surface area contributed by atoms with E-state index >= 15 is 0 Å². The number of amides is 2. The quantitative estimate of drug-likeness (QED) is 0.926. The van der Waals surface area contributed by atoms with E-state index in [0.717, 1.165) is 5.56 Å².